The van der Waals surface area contributed by atoms with Crippen LogP contribution in [0.4, 0.5) is 11.5 Å². The van der Waals surface area contributed by atoms with Crippen LogP contribution in [0.5, 0.6) is 0 Å². The first-order valence-corrected chi connectivity index (χ1v) is 12.8. The maximum Gasteiger partial charge on any atom is 0.253 e. The Morgan fingerprint density at radius 2 is 1.76 bits per heavy atom. The summed E-state index contributed by atoms with van der Waals surface area (Å²) < 4.78 is 25.0. The molecule has 10 heteroatoms. The number of aromatic nitrogens is 1. The number of piperazine rings is 1. The number of nitrogens with zero attached hydrogens (tertiary/aromatic N) is 5. The number of hydrogen-bond acceptors (Lipinski definition) is 7. The lowest BCUT2D eigenvalue weighted by Crippen LogP contribution is -2.49. The first kappa shape index (κ1) is 23.2. The molecule has 3 heterocycles. The van der Waals surface area contributed by atoms with Crippen molar-refractivity contribution in [3.8, 4) is 0 Å². The molecule has 0 N–H and O–H groups in total. The molecule has 2 aliphatic heterocycles. The average Bonchev–Trinajstić information content (AvgIpc) is 3.24. The number of carbonyl (C=O) groups excluding carboxylic acids is 2. The van der Waals surface area contributed by atoms with E-state index in [2.05, 4.69) is 22.9 Å². The third-order valence-electron chi connectivity index (χ3n) is 6.23. The fourth-order valence-electron chi connectivity index (χ4n) is 4.41. The number of benzene rings is 1. The molecule has 1 aromatic heterocycles. The number of hydrogen-bond donors (Lipinski definition) is 0. The molecule has 176 valence electrons. The number of aryl methyl sites for hydroxylation is 2. The van der Waals surface area contributed by atoms with Gasteiger partial charge in [0.2, 0.25) is 10.0 Å². The minimum atomic E-state index is -3.39. The standard InChI is InChI=1S/C23H29N5O4S/c1-17-12-18(2)22(24-13-17)25-8-10-26(11-9-25)23(30)19-4-6-20(7-5-19)28-16-27(33(3,31)32)14-21(28)15-29/h4-7,12-13,15,21H,8-11,14,16H2,1-3H3. The summed E-state index contributed by atoms with van der Waals surface area (Å²) in [4.78, 5) is 34.8. The Bertz CT molecular complexity index is 1140. The normalized spacial score (nSPS) is 19.7. The molecule has 1 aromatic carbocycles. The maximum absolute atomic E-state index is 13.0. The van der Waals surface area contributed by atoms with Crippen LogP contribution in [-0.4, -0.2) is 86.5 Å². The van der Waals surface area contributed by atoms with Crippen LogP contribution < -0.4 is 9.80 Å². The van der Waals surface area contributed by atoms with Crippen LogP contribution in [0.2, 0.25) is 0 Å². The number of anilines is 2. The first-order valence-electron chi connectivity index (χ1n) is 10.9. The van der Waals surface area contributed by atoms with Gasteiger partial charge >= 0.3 is 0 Å². The van der Waals surface area contributed by atoms with Crippen LogP contribution in [0.15, 0.2) is 36.5 Å². The van der Waals surface area contributed by atoms with Crippen molar-refractivity contribution in [1.82, 2.24) is 14.2 Å². The summed E-state index contributed by atoms with van der Waals surface area (Å²) in [5.41, 5.74) is 3.54. The van der Waals surface area contributed by atoms with Gasteiger partial charge in [0.25, 0.3) is 5.91 Å². The van der Waals surface area contributed by atoms with Gasteiger partial charge < -0.3 is 19.5 Å². The Hall–Kier alpha value is -2.98. The van der Waals surface area contributed by atoms with Gasteiger partial charge in [-0.25, -0.2) is 13.4 Å². The highest BCUT2D eigenvalue weighted by atomic mass is 32.2. The van der Waals surface area contributed by atoms with E-state index in [1.807, 2.05) is 18.0 Å². The Balaban J connectivity index is 1.40. The largest absolute Gasteiger partial charge is 0.353 e. The van der Waals surface area contributed by atoms with Crippen molar-refractivity contribution in [2.24, 2.45) is 0 Å². The van der Waals surface area contributed by atoms with Crippen LogP contribution in [0.3, 0.4) is 0 Å². The molecule has 2 aliphatic rings. The predicted octanol–water partition coefficient (Wildman–Crippen LogP) is 1.27. The van der Waals surface area contributed by atoms with Crippen molar-refractivity contribution in [3.05, 3.63) is 53.2 Å². The Morgan fingerprint density at radius 3 is 2.33 bits per heavy atom. The van der Waals surface area contributed by atoms with E-state index < -0.39 is 16.1 Å². The second-order valence-electron chi connectivity index (χ2n) is 8.69. The van der Waals surface area contributed by atoms with Crippen molar-refractivity contribution < 1.29 is 18.0 Å². The van der Waals surface area contributed by atoms with Gasteiger partial charge in [-0.05, 0) is 49.2 Å². The van der Waals surface area contributed by atoms with E-state index in [9.17, 15) is 18.0 Å². The van der Waals surface area contributed by atoms with Crippen LogP contribution in [-0.2, 0) is 14.8 Å². The van der Waals surface area contributed by atoms with Crippen molar-refractivity contribution in [1.29, 1.82) is 0 Å². The minimum absolute atomic E-state index is 0.0408. The predicted molar refractivity (Wildman–Crippen MR) is 127 cm³/mol. The van der Waals surface area contributed by atoms with Crippen molar-refractivity contribution in [3.63, 3.8) is 0 Å². The topological polar surface area (TPSA) is 94.1 Å². The monoisotopic (exact) mass is 471 g/mol. The van der Waals surface area contributed by atoms with E-state index in [4.69, 9.17) is 0 Å². The van der Waals surface area contributed by atoms with Crippen LogP contribution in [0, 0.1) is 13.8 Å². The molecular formula is C23H29N5O4S. The van der Waals surface area contributed by atoms with E-state index in [1.165, 1.54) is 4.31 Å². The molecule has 2 fully saturated rings. The number of carbonyl (C=O) groups is 2. The third-order valence-corrected chi connectivity index (χ3v) is 7.43. The fourth-order valence-corrected chi connectivity index (χ4v) is 5.17. The molecule has 2 saturated heterocycles. The van der Waals surface area contributed by atoms with Gasteiger partial charge in [-0.3, -0.25) is 4.79 Å². The Morgan fingerprint density at radius 1 is 1.09 bits per heavy atom. The third kappa shape index (κ3) is 4.86. The lowest BCUT2D eigenvalue weighted by Gasteiger charge is -2.36. The molecule has 0 saturated carbocycles. The minimum Gasteiger partial charge on any atom is -0.353 e. The van der Waals surface area contributed by atoms with Crippen molar-refractivity contribution >= 4 is 33.7 Å². The smallest absolute Gasteiger partial charge is 0.253 e. The van der Waals surface area contributed by atoms with Gasteiger partial charge in [0.15, 0.2) is 0 Å². The molecule has 1 atom stereocenters. The number of pyridine rings is 1. The van der Waals surface area contributed by atoms with Gasteiger partial charge in [-0.1, -0.05) is 6.07 Å². The zero-order chi connectivity index (χ0) is 23.8. The van der Waals surface area contributed by atoms with Crippen LogP contribution >= 0.6 is 0 Å². The van der Waals surface area contributed by atoms with Crippen molar-refractivity contribution in [2.75, 3.05) is 55.4 Å². The summed E-state index contributed by atoms with van der Waals surface area (Å²) >= 11 is 0. The van der Waals surface area contributed by atoms with Gasteiger partial charge in [0.05, 0.1) is 19.0 Å². The SMILES string of the molecule is Cc1cnc(N2CCN(C(=O)c3ccc(N4CN(S(C)(=O)=O)CC4C=O)cc3)CC2)c(C)c1. The molecule has 1 amide bonds. The highest BCUT2D eigenvalue weighted by Crippen LogP contribution is 2.25. The van der Waals surface area contributed by atoms with E-state index in [0.717, 1.165) is 42.6 Å². The number of aldehydes is 1. The summed E-state index contributed by atoms with van der Waals surface area (Å²) in [6, 6.07) is 8.58. The zero-order valence-corrected chi connectivity index (χ0v) is 20.0. The lowest BCUT2D eigenvalue weighted by atomic mass is 10.1. The van der Waals surface area contributed by atoms with Gasteiger partial charge in [0.1, 0.15) is 12.1 Å². The highest BCUT2D eigenvalue weighted by molar-refractivity contribution is 7.88. The zero-order valence-electron chi connectivity index (χ0n) is 19.1. The number of amides is 1. The summed E-state index contributed by atoms with van der Waals surface area (Å²) in [5.74, 6) is 0.927. The summed E-state index contributed by atoms with van der Waals surface area (Å²) in [5, 5.41) is 0. The maximum atomic E-state index is 13.0. The van der Waals surface area contributed by atoms with Gasteiger partial charge in [-0.2, -0.15) is 4.31 Å². The highest BCUT2D eigenvalue weighted by Gasteiger charge is 2.35. The molecule has 0 bridgehead atoms. The number of rotatable bonds is 5. The Kier molecular flexibility index (Phi) is 6.40. The van der Waals surface area contributed by atoms with Gasteiger partial charge in [-0.15, -0.1) is 0 Å². The fraction of sp³-hybridized carbons (Fsp3) is 0.435. The molecule has 0 spiro atoms. The summed E-state index contributed by atoms with van der Waals surface area (Å²) in [6.07, 6.45) is 3.76. The van der Waals surface area contributed by atoms with E-state index in [1.54, 1.807) is 29.2 Å². The lowest BCUT2D eigenvalue weighted by molar-refractivity contribution is -0.108. The van der Waals surface area contributed by atoms with E-state index >= 15 is 0 Å². The molecule has 33 heavy (non-hydrogen) atoms. The summed E-state index contributed by atoms with van der Waals surface area (Å²) in [6.45, 7) is 6.98. The van der Waals surface area contributed by atoms with E-state index in [0.29, 0.717) is 24.3 Å². The molecule has 1 unspecified atom stereocenters. The van der Waals surface area contributed by atoms with E-state index in [-0.39, 0.29) is 19.1 Å². The average molecular weight is 472 g/mol. The second kappa shape index (κ2) is 9.11. The number of sulfonamides is 1. The van der Waals surface area contributed by atoms with Crippen LogP contribution in [0.1, 0.15) is 21.5 Å². The van der Waals surface area contributed by atoms with Crippen LogP contribution in [0.25, 0.3) is 0 Å². The Labute approximate surface area is 194 Å². The van der Waals surface area contributed by atoms with Gasteiger partial charge in [0, 0.05) is 50.2 Å². The molecule has 0 aliphatic carbocycles. The first-order chi connectivity index (χ1) is 15.7. The molecule has 0 radical (unpaired) electrons. The molecule has 2 aromatic rings. The summed E-state index contributed by atoms with van der Waals surface area (Å²) in [7, 11) is -3.39. The molecular weight excluding hydrogens is 442 g/mol. The molecule has 4 rings (SSSR count). The second-order valence-corrected chi connectivity index (χ2v) is 10.7. The van der Waals surface area contributed by atoms with Crippen molar-refractivity contribution in [2.45, 2.75) is 19.9 Å². The molecule has 9 nitrogen and oxygen atoms in total. The quantitative estimate of drug-likeness (QED) is 0.606.